The van der Waals surface area contributed by atoms with Gasteiger partial charge in [-0.25, -0.2) is 9.79 Å². The third-order valence-corrected chi connectivity index (χ3v) is 2.46. The van der Waals surface area contributed by atoms with E-state index in [9.17, 15) is 4.79 Å². The first-order chi connectivity index (χ1) is 9.21. The zero-order chi connectivity index (χ0) is 14.1. The van der Waals surface area contributed by atoms with Gasteiger partial charge in [-0.15, -0.1) is 0 Å². The van der Waals surface area contributed by atoms with Crippen molar-refractivity contribution in [3.63, 3.8) is 0 Å². The number of aliphatic imine (C=N–C) groups is 1. The van der Waals surface area contributed by atoms with Gasteiger partial charge in [0.15, 0.2) is 5.96 Å². The van der Waals surface area contributed by atoms with Crippen LogP contribution in [0.25, 0.3) is 0 Å². The molecule has 1 aromatic carbocycles. The number of methoxy groups -OCH3 is 1. The van der Waals surface area contributed by atoms with Crippen LogP contribution in [-0.2, 0) is 11.3 Å². The van der Waals surface area contributed by atoms with Crippen molar-refractivity contribution in [1.82, 2.24) is 10.6 Å². The largest absolute Gasteiger partial charge is 0.465 e. The van der Waals surface area contributed by atoms with E-state index in [1.54, 1.807) is 12.1 Å². The Labute approximate surface area is 114 Å². The number of hydrogen-bond donors (Lipinski definition) is 2. The summed E-state index contributed by atoms with van der Waals surface area (Å²) >= 11 is 0. The molecule has 1 aromatic rings. The highest BCUT2D eigenvalue weighted by Gasteiger charge is 2.05. The summed E-state index contributed by atoms with van der Waals surface area (Å²) in [5.41, 5.74) is 1.51. The first kappa shape index (κ1) is 15.0. The lowest BCUT2D eigenvalue weighted by molar-refractivity contribution is 0.0600. The van der Waals surface area contributed by atoms with E-state index in [1.165, 1.54) is 7.11 Å². The maximum Gasteiger partial charge on any atom is 0.337 e. The van der Waals surface area contributed by atoms with Gasteiger partial charge in [-0.3, -0.25) is 0 Å². The van der Waals surface area contributed by atoms with Gasteiger partial charge in [-0.1, -0.05) is 12.1 Å². The van der Waals surface area contributed by atoms with Crippen LogP contribution in [0.4, 0.5) is 0 Å². The van der Waals surface area contributed by atoms with Crippen LogP contribution in [0.2, 0.25) is 0 Å². The standard InChI is InChI=1S/C14H21N3O2/c1-4-15-14(16-5-2)17-10-11-7-6-8-12(9-11)13(18)19-3/h6-9H,4-5,10H2,1-3H3,(H2,15,16,17). The van der Waals surface area contributed by atoms with E-state index in [0.717, 1.165) is 24.6 Å². The van der Waals surface area contributed by atoms with E-state index in [0.29, 0.717) is 12.1 Å². The van der Waals surface area contributed by atoms with Gasteiger partial charge in [-0.2, -0.15) is 0 Å². The maximum absolute atomic E-state index is 11.4. The van der Waals surface area contributed by atoms with Crippen molar-refractivity contribution < 1.29 is 9.53 Å². The Balaban J connectivity index is 2.75. The van der Waals surface area contributed by atoms with Crippen molar-refractivity contribution in [3.05, 3.63) is 35.4 Å². The number of guanidine groups is 1. The molecule has 0 aliphatic heterocycles. The molecule has 5 heteroatoms. The van der Waals surface area contributed by atoms with E-state index in [1.807, 2.05) is 26.0 Å². The molecule has 0 atom stereocenters. The molecule has 0 aromatic heterocycles. The minimum atomic E-state index is -0.329. The lowest BCUT2D eigenvalue weighted by Gasteiger charge is -2.09. The van der Waals surface area contributed by atoms with E-state index in [-0.39, 0.29) is 5.97 Å². The Morgan fingerprint density at radius 2 is 1.95 bits per heavy atom. The molecule has 0 amide bonds. The van der Waals surface area contributed by atoms with Gasteiger partial charge in [0.05, 0.1) is 19.2 Å². The van der Waals surface area contributed by atoms with Crippen molar-refractivity contribution >= 4 is 11.9 Å². The van der Waals surface area contributed by atoms with Gasteiger partial charge in [-0.05, 0) is 31.5 Å². The van der Waals surface area contributed by atoms with Crippen LogP contribution in [0.5, 0.6) is 0 Å². The Kier molecular flexibility index (Phi) is 6.43. The molecule has 0 saturated carbocycles. The van der Waals surface area contributed by atoms with Crippen LogP contribution in [0.15, 0.2) is 29.3 Å². The number of carbonyl (C=O) groups excluding carboxylic acids is 1. The first-order valence-corrected chi connectivity index (χ1v) is 6.40. The molecule has 0 radical (unpaired) electrons. The summed E-state index contributed by atoms with van der Waals surface area (Å²) in [5, 5.41) is 6.30. The van der Waals surface area contributed by atoms with Crippen LogP contribution in [0.1, 0.15) is 29.8 Å². The first-order valence-electron chi connectivity index (χ1n) is 6.40. The average Bonchev–Trinajstić information content (AvgIpc) is 2.44. The van der Waals surface area contributed by atoms with Crippen molar-refractivity contribution in [2.45, 2.75) is 20.4 Å². The Bertz CT molecular complexity index is 436. The zero-order valence-electron chi connectivity index (χ0n) is 11.7. The fourth-order valence-electron chi connectivity index (χ4n) is 1.59. The minimum Gasteiger partial charge on any atom is -0.465 e. The van der Waals surface area contributed by atoms with Crippen molar-refractivity contribution in [2.24, 2.45) is 4.99 Å². The molecular weight excluding hydrogens is 242 g/mol. The lowest BCUT2D eigenvalue weighted by atomic mass is 10.1. The number of hydrogen-bond acceptors (Lipinski definition) is 3. The van der Waals surface area contributed by atoms with Crippen LogP contribution in [0, 0.1) is 0 Å². The summed E-state index contributed by atoms with van der Waals surface area (Å²) in [7, 11) is 1.38. The second-order valence-corrected chi connectivity index (χ2v) is 3.92. The molecule has 1 rings (SSSR count). The monoisotopic (exact) mass is 263 g/mol. The third kappa shape index (κ3) is 4.99. The van der Waals surface area contributed by atoms with Crippen LogP contribution < -0.4 is 10.6 Å². The third-order valence-electron chi connectivity index (χ3n) is 2.46. The number of ether oxygens (including phenoxy) is 1. The Hall–Kier alpha value is -2.04. The highest BCUT2D eigenvalue weighted by Crippen LogP contribution is 2.07. The smallest absolute Gasteiger partial charge is 0.337 e. The van der Waals surface area contributed by atoms with Crippen molar-refractivity contribution in [1.29, 1.82) is 0 Å². The molecule has 5 nitrogen and oxygen atoms in total. The second kappa shape index (κ2) is 8.13. The van der Waals surface area contributed by atoms with Crippen LogP contribution >= 0.6 is 0 Å². The molecule has 0 aliphatic carbocycles. The molecule has 0 aliphatic rings. The van der Waals surface area contributed by atoms with Crippen LogP contribution in [-0.4, -0.2) is 32.1 Å². The molecular formula is C14H21N3O2. The quantitative estimate of drug-likeness (QED) is 0.480. The van der Waals surface area contributed by atoms with Gasteiger partial charge in [0.25, 0.3) is 0 Å². The normalized spacial score (nSPS) is 9.63. The van der Waals surface area contributed by atoms with E-state index in [4.69, 9.17) is 4.74 Å². The summed E-state index contributed by atoms with van der Waals surface area (Å²) in [6.45, 7) is 6.18. The molecule has 0 unspecified atom stereocenters. The Morgan fingerprint density at radius 1 is 1.26 bits per heavy atom. The summed E-state index contributed by atoms with van der Waals surface area (Å²) in [4.78, 5) is 15.9. The number of benzene rings is 1. The fourth-order valence-corrected chi connectivity index (χ4v) is 1.59. The van der Waals surface area contributed by atoms with Crippen LogP contribution in [0.3, 0.4) is 0 Å². The van der Waals surface area contributed by atoms with Crippen molar-refractivity contribution in [3.8, 4) is 0 Å². The number of carbonyl (C=O) groups is 1. The maximum atomic E-state index is 11.4. The van der Waals surface area contributed by atoms with Crippen molar-refractivity contribution in [2.75, 3.05) is 20.2 Å². The summed E-state index contributed by atoms with van der Waals surface area (Å²) in [6, 6.07) is 7.29. The minimum absolute atomic E-state index is 0.329. The average molecular weight is 263 g/mol. The topological polar surface area (TPSA) is 62.7 Å². The molecule has 104 valence electrons. The molecule has 2 N–H and O–H groups in total. The molecule has 0 heterocycles. The number of nitrogens with one attached hydrogen (secondary N) is 2. The SMILES string of the molecule is CCNC(=NCc1cccc(C(=O)OC)c1)NCC. The summed E-state index contributed by atoms with van der Waals surface area (Å²) in [5.74, 6) is 0.442. The van der Waals surface area contributed by atoms with Gasteiger partial charge in [0, 0.05) is 13.1 Å². The number of esters is 1. The molecule has 0 bridgehead atoms. The van der Waals surface area contributed by atoms with Gasteiger partial charge < -0.3 is 15.4 Å². The summed E-state index contributed by atoms with van der Waals surface area (Å²) in [6.07, 6.45) is 0. The molecule has 0 saturated heterocycles. The highest BCUT2D eigenvalue weighted by atomic mass is 16.5. The van der Waals surface area contributed by atoms with E-state index in [2.05, 4.69) is 15.6 Å². The van der Waals surface area contributed by atoms with E-state index >= 15 is 0 Å². The molecule has 19 heavy (non-hydrogen) atoms. The predicted octanol–water partition coefficient (Wildman–Crippen LogP) is 1.55. The highest BCUT2D eigenvalue weighted by molar-refractivity contribution is 5.89. The van der Waals surface area contributed by atoms with E-state index < -0.39 is 0 Å². The molecule has 0 spiro atoms. The lowest BCUT2D eigenvalue weighted by Crippen LogP contribution is -2.36. The van der Waals surface area contributed by atoms with Gasteiger partial charge in [0.1, 0.15) is 0 Å². The Morgan fingerprint density at radius 3 is 2.53 bits per heavy atom. The van der Waals surface area contributed by atoms with Gasteiger partial charge >= 0.3 is 5.97 Å². The number of nitrogens with zero attached hydrogens (tertiary/aromatic N) is 1. The van der Waals surface area contributed by atoms with Gasteiger partial charge in [0.2, 0.25) is 0 Å². The second-order valence-electron chi connectivity index (χ2n) is 3.92. The zero-order valence-corrected chi connectivity index (χ0v) is 11.7. The molecule has 0 fully saturated rings. The fraction of sp³-hybridized carbons (Fsp3) is 0.429. The summed E-state index contributed by atoms with van der Waals surface area (Å²) < 4.78 is 4.69. The number of rotatable bonds is 5. The predicted molar refractivity (Wildman–Crippen MR) is 76.3 cm³/mol.